The van der Waals surface area contributed by atoms with Crippen LogP contribution >= 0.6 is 0 Å². The molecule has 0 radical (unpaired) electrons. The molecule has 0 rings (SSSR count). The fraction of sp³-hybridized carbons (Fsp3) is 0.909. The van der Waals surface area contributed by atoms with Gasteiger partial charge in [0.25, 0.3) is 0 Å². The van der Waals surface area contributed by atoms with Crippen molar-refractivity contribution in [3.8, 4) is 0 Å². The topological polar surface area (TPSA) is 41.6 Å². The predicted octanol–water partition coefficient (Wildman–Crippen LogP) is 0.725. The van der Waals surface area contributed by atoms with E-state index < -0.39 is 0 Å². The molecule has 0 saturated heterocycles. The zero-order valence-corrected chi connectivity index (χ0v) is 10.5. The number of nitrogens with one attached hydrogen (secondary N) is 1. The molecule has 0 aromatic carbocycles. The van der Waals surface area contributed by atoms with E-state index in [1.807, 2.05) is 14.0 Å². The second-order valence-electron chi connectivity index (χ2n) is 4.25. The van der Waals surface area contributed by atoms with E-state index in [1.54, 1.807) is 0 Å². The van der Waals surface area contributed by atoms with E-state index >= 15 is 0 Å². The van der Waals surface area contributed by atoms with Crippen molar-refractivity contribution in [1.29, 1.82) is 0 Å². The van der Waals surface area contributed by atoms with Gasteiger partial charge in [-0.2, -0.15) is 0 Å². The van der Waals surface area contributed by atoms with E-state index in [1.165, 1.54) is 7.11 Å². The average Bonchev–Trinajstić information content (AvgIpc) is 2.14. The molecule has 0 aliphatic carbocycles. The molecule has 0 heterocycles. The van der Waals surface area contributed by atoms with E-state index in [-0.39, 0.29) is 12.0 Å². The molecule has 0 aliphatic rings. The van der Waals surface area contributed by atoms with Gasteiger partial charge in [-0.25, -0.2) is 0 Å². The first kappa shape index (κ1) is 14.4. The van der Waals surface area contributed by atoms with Crippen molar-refractivity contribution in [3.63, 3.8) is 0 Å². The van der Waals surface area contributed by atoms with Crippen molar-refractivity contribution < 1.29 is 9.53 Å². The zero-order valence-electron chi connectivity index (χ0n) is 10.5. The lowest BCUT2D eigenvalue weighted by molar-refractivity contribution is -0.143. The minimum absolute atomic E-state index is 0.188. The maximum atomic E-state index is 11.4. The Balaban J connectivity index is 4.09. The maximum absolute atomic E-state index is 11.4. The third-order valence-electron chi connectivity index (χ3n) is 2.11. The van der Waals surface area contributed by atoms with E-state index in [4.69, 9.17) is 4.74 Å². The molecule has 1 unspecified atom stereocenters. The Bertz CT molecular complexity index is 183. The first-order valence-electron chi connectivity index (χ1n) is 5.51. The van der Waals surface area contributed by atoms with Crippen LogP contribution in [0.2, 0.25) is 0 Å². The molecule has 1 N–H and O–H groups in total. The third-order valence-corrected chi connectivity index (χ3v) is 2.11. The summed E-state index contributed by atoms with van der Waals surface area (Å²) in [5.41, 5.74) is 0. The molecular formula is C11H24N2O2. The smallest absolute Gasteiger partial charge is 0.324 e. The lowest BCUT2D eigenvalue weighted by Gasteiger charge is -2.24. The Kier molecular flexibility index (Phi) is 7.34. The van der Waals surface area contributed by atoms with E-state index in [0.29, 0.717) is 12.5 Å². The fourth-order valence-electron chi connectivity index (χ4n) is 1.62. The molecule has 0 bridgehead atoms. The van der Waals surface area contributed by atoms with Gasteiger partial charge in [-0.15, -0.1) is 0 Å². The second-order valence-corrected chi connectivity index (χ2v) is 4.25. The van der Waals surface area contributed by atoms with Gasteiger partial charge in [0.1, 0.15) is 6.04 Å². The van der Waals surface area contributed by atoms with Crippen LogP contribution in [0.4, 0.5) is 0 Å². The van der Waals surface area contributed by atoms with Gasteiger partial charge in [0.05, 0.1) is 7.11 Å². The van der Waals surface area contributed by atoms with Crippen LogP contribution in [0.1, 0.15) is 20.8 Å². The summed E-state index contributed by atoms with van der Waals surface area (Å²) in [5, 5.41) is 3.12. The summed E-state index contributed by atoms with van der Waals surface area (Å²) < 4.78 is 4.74. The number of carbonyl (C=O) groups excluding carboxylic acids is 1. The normalized spacial score (nSPS) is 13.3. The number of hydrogen-bond donors (Lipinski definition) is 1. The SMILES string of the molecule is CCNC(CN(C)CC(C)C)C(=O)OC. The summed E-state index contributed by atoms with van der Waals surface area (Å²) in [7, 11) is 3.45. The van der Waals surface area contributed by atoms with Crippen molar-refractivity contribution >= 4 is 5.97 Å². The molecule has 4 nitrogen and oxygen atoms in total. The summed E-state index contributed by atoms with van der Waals surface area (Å²) >= 11 is 0. The molecule has 0 aliphatic heterocycles. The summed E-state index contributed by atoms with van der Waals surface area (Å²) in [6.07, 6.45) is 0. The van der Waals surface area contributed by atoms with Gasteiger partial charge in [-0.3, -0.25) is 4.79 Å². The molecule has 90 valence electrons. The van der Waals surface area contributed by atoms with Gasteiger partial charge < -0.3 is 15.0 Å². The van der Waals surface area contributed by atoms with E-state index in [0.717, 1.165) is 13.1 Å². The van der Waals surface area contributed by atoms with Gasteiger partial charge in [0.2, 0.25) is 0 Å². The van der Waals surface area contributed by atoms with Gasteiger partial charge >= 0.3 is 5.97 Å². The molecule has 1 atom stereocenters. The number of ether oxygens (including phenoxy) is 1. The molecule has 0 saturated carbocycles. The highest BCUT2D eigenvalue weighted by molar-refractivity contribution is 5.75. The van der Waals surface area contributed by atoms with Crippen LogP contribution in [-0.2, 0) is 9.53 Å². The quantitative estimate of drug-likeness (QED) is 0.637. The Morgan fingerprint density at radius 3 is 2.40 bits per heavy atom. The van der Waals surface area contributed by atoms with Gasteiger partial charge in [0.15, 0.2) is 0 Å². The summed E-state index contributed by atoms with van der Waals surface area (Å²) in [6.45, 7) is 8.76. The van der Waals surface area contributed by atoms with Crippen LogP contribution in [0.3, 0.4) is 0 Å². The largest absolute Gasteiger partial charge is 0.468 e. The van der Waals surface area contributed by atoms with Gasteiger partial charge in [0, 0.05) is 13.1 Å². The first-order chi connectivity index (χ1) is 7.01. The third kappa shape index (κ3) is 6.47. The minimum atomic E-state index is -0.219. The molecule has 15 heavy (non-hydrogen) atoms. The van der Waals surface area contributed by atoms with Crippen molar-refractivity contribution in [2.75, 3.05) is 33.8 Å². The Morgan fingerprint density at radius 1 is 1.40 bits per heavy atom. The number of nitrogens with zero attached hydrogens (tertiary/aromatic N) is 1. The van der Waals surface area contributed by atoms with Gasteiger partial charge in [-0.1, -0.05) is 20.8 Å². The summed E-state index contributed by atoms with van der Waals surface area (Å²) in [4.78, 5) is 13.6. The second kappa shape index (κ2) is 7.65. The van der Waals surface area contributed by atoms with Crippen molar-refractivity contribution in [1.82, 2.24) is 10.2 Å². The highest BCUT2D eigenvalue weighted by atomic mass is 16.5. The standard InChI is InChI=1S/C11H24N2O2/c1-6-12-10(11(14)15-5)8-13(4)7-9(2)3/h9-10,12H,6-8H2,1-5H3. The minimum Gasteiger partial charge on any atom is -0.468 e. The average molecular weight is 216 g/mol. The number of carbonyl (C=O) groups is 1. The monoisotopic (exact) mass is 216 g/mol. The number of methoxy groups -OCH3 is 1. The molecule has 0 aromatic rings. The molecule has 0 spiro atoms. The molecule has 0 fully saturated rings. The van der Waals surface area contributed by atoms with Crippen LogP contribution in [0.5, 0.6) is 0 Å². The zero-order chi connectivity index (χ0) is 11.8. The number of esters is 1. The molecular weight excluding hydrogens is 192 g/mol. The number of hydrogen-bond acceptors (Lipinski definition) is 4. The Morgan fingerprint density at radius 2 is 2.00 bits per heavy atom. The van der Waals surface area contributed by atoms with Crippen molar-refractivity contribution in [2.45, 2.75) is 26.8 Å². The highest BCUT2D eigenvalue weighted by Crippen LogP contribution is 1.98. The van der Waals surface area contributed by atoms with Crippen molar-refractivity contribution in [2.24, 2.45) is 5.92 Å². The van der Waals surface area contributed by atoms with E-state index in [9.17, 15) is 4.79 Å². The highest BCUT2D eigenvalue weighted by Gasteiger charge is 2.19. The Hall–Kier alpha value is -0.610. The van der Waals surface area contributed by atoms with Crippen molar-refractivity contribution in [3.05, 3.63) is 0 Å². The Labute approximate surface area is 93.0 Å². The number of rotatable bonds is 7. The summed E-state index contributed by atoms with van der Waals surface area (Å²) in [6, 6.07) is -0.219. The van der Waals surface area contributed by atoms with Crippen LogP contribution < -0.4 is 5.32 Å². The maximum Gasteiger partial charge on any atom is 0.324 e. The molecule has 0 amide bonds. The van der Waals surface area contributed by atoms with Crippen LogP contribution in [0.15, 0.2) is 0 Å². The summed E-state index contributed by atoms with van der Waals surface area (Å²) in [5.74, 6) is 0.419. The van der Waals surface area contributed by atoms with E-state index in [2.05, 4.69) is 24.1 Å². The predicted molar refractivity (Wildman–Crippen MR) is 61.8 cm³/mol. The molecule has 0 aromatic heterocycles. The van der Waals surface area contributed by atoms with Crippen LogP contribution in [0.25, 0.3) is 0 Å². The van der Waals surface area contributed by atoms with Crippen LogP contribution in [0, 0.1) is 5.92 Å². The van der Waals surface area contributed by atoms with Crippen LogP contribution in [-0.4, -0.2) is 50.7 Å². The number of likely N-dealkylation sites (N-methyl/N-ethyl adjacent to an activating group) is 2. The van der Waals surface area contributed by atoms with Gasteiger partial charge in [-0.05, 0) is 19.5 Å². The first-order valence-corrected chi connectivity index (χ1v) is 5.51. The fourth-order valence-corrected chi connectivity index (χ4v) is 1.62. The lowest BCUT2D eigenvalue weighted by Crippen LogP contribution is -2.46. The molecule has 4 heteroatoms. The lowest BCUT2D eigenvalue weighted by atomic mass is 10.2.